The van der Waals surface area contributed by atoms with Gasteiger partial charge in [0.25, 0.3) is 0 Å². The van der Waals surface area contributed by atoms with Crippen molar-refractivity contribution in [3.63, 3.8) is 0 Å². The molecular formula is C19H20N5O. The number of fused-ring (bicyclic) bond motifs is 1. The van der Waals surface area contributed by atoms with Gasteiger partial charge in [-0.3, -0.25) is 0 Å². The van der Waals surface area contributed by atoms with Crippen LogP contribution in [0.25, 0.3) is 22.4 Å². The number of morpholine rings is 1. The third-order valence-electron chi connectivity index (χ3n) is 4.94. The van der Waals surface area contributed by atoms with Crippen molar-refractivity contribution in [2.24, 2.45) is 0 Å². The minimum Gasteiger partial charge on any atom is -0.377 e. The number of ether oxygens (including phenoxy) is 1. The molecule has 1 aliphatic heterocycles. The fraction of sp³-hybridized carbons (Fsp3) is 0.368. The molecule has 1 radical (unpaired) electrons. The first kappa shape index (κ1) is 14.8. The van der Waals surface area contributed by atoms with Crippen molar-refractivity contribution in [3.8, 4) is 11.4 Å². The lowest BCUT2D eigenvalue weighted by molar-refractivity contribution is 0.0985. The molecule has 0 unspecified atom stereocenters. The number of hydrogen-bond acceptors (Lipinski definition) is 5. The van der Waals surface area contributed by atoms with E-state index in [2.05, 4.69) is 27.9 Å². The summed E-state index contributed by atoms with van der Waals surface area (Å²) >= 11 is 0. The molecule has 127 valence electrons. The molecule has 6 heteroatoms. The molecule has 0 aromatic carbocycles. The smallest absolute Gasteiger partial charge is 0.162 e. The van der Waals surface area contributed by atoms with E-state index in [0.29, 0.717) is 6.04 Å². The van der Waals surface area contributed by atoms with Gasteiger partial charge < -0.3 is 14.6 Å². The fourth-order valence-electron chi connectivity index (χ4n) is 3.43. The molecule has 2 aliphatic rings. The minimum absolute atomic E-state index is 0.318. The number of anilines is 1. The third-order valence-corrected chi connectivity index (χ3v) is 4.94. The Morgan fingerprint density at radius 3 is 3.00 bits per heavy atom. The number of nitrogens with one attached hydrogen (secondary N) is 1. The summed E-state index contributed by atoms with van der Waals surface area (Å²) in [6, 6.07) is 6.50. The lowest BCUT2D eigenvalue weighted by Gasteiger charge is -2.34. The highest BCUT2D eigenvalue weighted by atomic mass is 16.5. The van der Waals surface area contributed by atoms with E-state index in [1.807, 2.05) is 24.5 Å². The van der Waals surface area contributed by atoms with E-state index in [-0.39, 0.29) is 0 Å². The monoisotopic (exact) mass is 334 g/mol. The summed E-state index contributed by atoms with van der Waals surface area (Å²) in [6.45, 7) is 4.53. The average Bonchev–Trinajstić information content (AvgIpc) is 3.38. The van der Waals surface area contributed by atoms with Crippen molar-refractivity contribution >= 4 is 16.9 Å². The zero-order chi connectivity index (χ0) is 16.8. The van der Waals surface area contributed by atoms with E-state index in [0.717, 1.165) is 66.5 Å². The summed E-state index contributed by atoms with van der Waals surface area (Å²) in [5.74, 6) is 3.19. The van der Waals surface area contributed by atoms with Gasteiger partial charge in [0.1, 0.15) is 11.5 Å². The van der Waals surface area contributed by atoms with Gasteiger partial charge in [-0.15, -0.1) is 0 Å². The molecule has 1 N–H and O–H groups in total. The van der Waals surface area contributed by atoms with Crippen molar-refractivity contribution in [2.45, 2.75) is 25.8 Å². The van der Waals surface area contributed by atoms with Crippen molar-refractivity contribution in [1.29, 1.82) is 0 Å². The Kier molecular flexibility index (Phi) is 3.45. The number of hydrogen-bond donors (Lipinski definition) is 1. The average molecular weight is 334 g/mol. The Balaban J connectivity index is 1.65. The van der Waals surface area contributed by atoms with E-state index >= 15 is 0 Å². The van der Waals surface area contributed by atoms with Gasteiger partial charge in [0.2, 0.25) is 0 Å². The van der Waals surface area contributed by atoms with Crippen LogP contribution < -0.4 is 4.90 Å². The van der Waals surface area contributed by atoms with Crippen LogP contribution in [-0.4, -0.2) is 45.7 Å². The number of aromatic nitrogens is 4. The minimum atomic E-state index is 0.318. The van der Waals surface area contributed by atoms with Gasteiger partial charge in [-0.2, -0.15) is 0 Å². The molecule has 5 rings (SSSR count). The van der Waals surface area contributed by atoms with Gasteiger partial charge in [-0.05, 0) is 31.9 Å². The fourth-order valence-corrected chi connectivity index (χ4v) is 3.43. The molecule has 0 amide bonds. The first-order valence-corrected chi connectivity index (χ1v) is 8.80. The Morgan fingerprint density at radius 2 is 2.16 bits per heavy atom. The van der Waals surface area contributed by atoms with Crippen molar-refractivity contribution in [1.82, 2.24) is 19.9 Å². The Hall–Kier alpha value is -2.47. The largest absolute Gasteiger partial charge is 0.377 e. The molecule has 1 saturated heterocycles. The number of rotatable bonds is 3. The predicted molar refractivity (Wildman–Crippen MR) is 96.3 cm³/mol. The molecule has 0 bridgehead atoms. The van der Waals surface area contributed by atoms with E-state index in [1.54, 1.807) is 0 Å². The van der Waals surface area contributed by atoms with E-state index in [4.69, 9.17) is 14.7 Å². The summed E-state index contributed by atoms with van der Waals surface area (Å²) < 4.78 is 5.58. The van der Waals surface area contributed by atoms with Crippen LogP contribution in [0.2, 0.25) is 0 Å². The summed E-state index contributed by atoms with van der Waals surface area (Å²) in [6.07, 6.45) is 6.01. The normalized spacial score (nSPS) is 21.0. The van der Waals surface area contributed by atoms with Crippen molar-refractivity contribution in [2.75, 3.05) is 24.7 Å². The highest BCUT2D eigenvalue weighted by molar-refractivity contribution is 5.91. The van der Waals surface area contributed by atoms with Gasteiger partial charge in [0, 0.05) is 41.9 Å². The summed E-state index contributed by atoms with van der Waals surface area (Å²) in [5.41, 5.74) is 2.97. The van der Waals surface area contributed by atoms with E-state index in [9.17, 15) is 0 Å². The highest BCUT2D eigenvalue weighted by Gasteiger charge is 2.29. The summed E-state index contributed by atoms with van der Waals surface area (Å²) in [7, 11) is 0. The Morgan fingerprint density at radius 1 is 1.24 bits per heavy atom. The standard InChI is InChI=1S/C19H20N5O/c1-12-11-25-9-8-24(12)17-10-16(13-2-3-13)22-19(23-17)15-5-7-21-18-14(15)4-6-20-18/h4-7,10,12H,2-3,8-9,11H2,1H3,(H,20,21)/t12-/m1/s1. The van der Waals surface area contributed by atoms with Crippen LogP contribution in [0.1, 0.15) is 25.5 Å². The van der Waals surface area contributed by atoms with Crippen LogP contribution >= 0.6 is 0 Å². The Bertz CT molecular complexity index is 917. The van der Waals surface area contributed by atoms with Crippen molar-refractivity contribution in [3.05, 3.63) is 42.2 Å². The first-order chi connectivity index (χ1) is 12.3. The number of H-pyrrole nitrogens is 1. The maximum Gasteiger partial charge on any atom is 0.162 e. The quantitative estimate of drug-likeness (QED) is 0.797. The molecule has 25 heavy (non-hydrogen) atoms. The second kappa shape index (κ2) is 5.81. The second-order valence-corrected chi connectivity index (χ2v) is 6.75. The van der Waals surface area contributed by atoms with E-state index < -0.39 is 0 Å². The van der Waals surface area contributed by atoms with Gasteiger partial charge in [-0.25, -0.2) is 15.0 Å². The molecule has 4 heterocycles. The van der Waals surface area contributed by atoms with Gasteiger partial charge in [0.15, 0.2) is 5.82 Å². The molecule has 3 aromatic rings. The Labute approximate surface area is 146 Å². The first-order valence-electron chi connectivity index (χ1n) is 8.80. The molecule has 1 saturated carbocycles. The molecule has 2 fully saturated rings. The number of pyridine rings is 1. The molecule has 1 aliphatic carbocycles. The lowest BCUT2D eigenvalue weighted by atomic mass is 10.1. The summed E-state index contributed by atoms with van der Waals surface area (Å²) in [4.78, 5) is 19.7. The van der Waals surface area contributed by atoms with Crippen LogP contribution in [0.5, 0.6) is 0 Å². The maximum absolute atomic E-state index is 5.58. The van der Waals surface area contributed by atoms with Crippen LogP contribution in [-0.2, 0) is 4.74 Å². The molecule has 6 nitrogen and oxygen atoms in total. The van der Waals surface area contributed by atoms with Crippen molar-refractivity contribution < 1.29 is 4.74 Å². The van der Waals surface area contributed by atoms with Gasteiger partial charge in [0.05, 0.1) is 24.9 Å². The third kappa shape index (κ3) is 2.66. The van der Waals surface area contributed by atoms with Crippen LogP contribution in [0.3, 0.4) is 0 Å². The molecule has 0 spiro atoms. The van der Waals surface area contributed by atoms with Gasteiger partial charge >= 0.3 is 0 Å². The number of aromatic amines is 1. The van der Waals surface area contributed by atoms with E-state index in [1.165, 1.54) is 5.92 Å². The number of nitrogens with zero attached hydrogens (tertiary/aromatic N) is 4. The highest BCUT2D eigenvalue weighted by Crippen LogP contribution is 2.40. The summed E-state index contributed by atoms with van der Waals surface area (Å²) in [5, 5.41) is 1.06. The zero-order valence-electron chi connectivity index (χ0n) is 14.2. The zero-order valence-corrected chi connectivity index (χ0v) is 14.2. The molecule has 1 atom stereocenters. The molecule has 3 aromatic heterocycles. The predicted octanol–water partition coefficient (Wildman–Crippen LogP) is 2.96. The molecular weight excluding hydrogens is 314 g/mol. The topological polar surface area (TPSA) is 66.9 Å². The lowest BCUT2D eigenvalue weighted by Crippen LogP contribution is -2.44. The SMILES string of the molecule is C[C@@H]1COCCN1c1cc([C]2CC2)nc(-c2ccnc3[nH]ccc23)n1. The van der Waals surface area contributed by atoms with Crippen LogP contribution in [0.4, 0.5) is 5.82 Å². The van der Waals surface area contributed by atoms with Gasteiger partial charge in [-0.1, -0.05) is 0 Å². The maximum atomic E-state index is 5.58. The van der Waals surface area contributed by atoms with Crippen LogP contribution in [0.15, 0.2) is 30.6 Å². The van der Waals surface area contributed by atoms with Crippen LogP contribution in [0, 0.1) is 5.92 Å². The second-order valence-electron chi connectivity index (χ2n) is 6.75.